The summed E-state index contributed by atoms with van der Waals surface area (Å²) in [5.74, 6) is -0.273. The van der Waals surface area contributed by atoms with Crippen LogP contribution in [-0.4, -0.2) is 21.7 Å². The number of aryl methyl sites for hydroxylation is 1. The van der Waals surface area contributed by atoms with Gasteiger partial charge in [0, 0.05) is 25.1 Å². The highest BCUT2D eigenvalue weighted by Crippen LogP contribution is 2.02. The highest BCUT2D eigenvalue weighted by atomic mass is 16.2. The molecule has 1 N–H and O–H groups in total. The minimum Gasteiger partial charge on any atom is -0.347 e. The fourth-order valence-corrected chi connectivity index (χ4v) is 1.48. The number of carbonyl (C=O) groups is 1. The van der Waals surface area contributed by atoms with E-state index in [4.69, 9.17) is 0 Å². The molecule has 0 radical (unpaired) electrons. The van der Waals surface area contributed by atoms with Gasteiger partial charge < -0.3 is 4.57 Å². The Bertz CT molecular complexity index is 572. The summed E-state index contributed by atoms with van der Waals surface area (Å²) < 4.78 is 1.99. The normalized spacial score (nSPS) is 10.8. The molecule has 0 unspecified atom stereocenters. The summed E-state index contributed by atoms with van der Waals surface area (Å²) in [4.78, 5) is 15.5. The predicted molar refractivity (Wildman–Crippen MR) is 69.4 cm³/mol. The van der Waals surface area contributed by atoms with Gasteiger partial charge in [-0.05, 0) is 31.2 Å². The number of amides is 1. The molecule has 0 aromatic carbocycles. The van der Waals surface area contributed by atoms with Crippen molar-refractivity contribution in [1.29, 1.82) is 0 Å². The molecule has 2 aromatic rings. The van der Waals surface area contributed by atoms with Crippen LogP contribution in [0.1, 0.15) is 21.7 Å². The monoisotopic (exact) mass is 242 g/mol. The van der Waals surface area contributed by atoms with Crippen LogP contribution in [0.4, 0.5) is 0 Å². The zero-order valence-corrected chi connectivity index (χ0v) is 10.3. The Kier molecular flexibility index (Phi) is 3.52. The highest BCUT2D eigenvalue weighted by molar-refractivity contribution is 5.94. The Morgan fingerprint density at radius 3 is 2.89 bits per heavy atom. The van der Waals surface area contributed by atoms with Gasteiger partial charge in [-0.3, -0.25) is 9.78 Å². The summed E-state index contributed by atoms with van der Waals surface area (Å²) in [7, 11) is 1.94. The molecular formula is C13H14N4O. The zero-order valence-electron chi connectivity index (χ0n) is 10.3. The van der Waals surface area contributed by atoms with E-state index < -0.39 is 0 Å². The van der Waals surface area contributed by atoms with Crippen molar-refractivity contribution in [3.05, 3.63) is 53.6 Å². The van der Waals surface area contributed by atoms with Crippen molar-refractivity contribution in [2.75, 3.05) is 0 Å². The van der Waals surface area contributed by atoms with Gasteiger partial charge in [-0.15, -0.1) is 0 Å². The first kappa shape index (κ1) is 12.0. The number of hydrogen-bond acceptors (Lipinski definition) is 3. The average Bonchev–Trinajstić information content (AvgIpc) is 2.71. The molecule has 2 heterocycles. The Labute approximate surface area is 105 Å². The SMILES string of the molecule is Cc1ccc(/C=N/NC(=O)c2cccnc2)n1C. The third kappa shape index (κ3) is 2.63. The molecule has 2 rings (SSSR count). The second-order valence-corrected chi connectivity index (χ2v) is 3.90. The van der Waals surface area contributed by atoms with E-state index in [-0.39, 0.29) is 5.91 Å². The fourth-order valence-electron chi connectivity index (χ4n) is 1.48. The minimum atomic E-state index is -0.273. The smallest absolute Gasteiger partial charge is 0.272 e. The van der Waals surface area contributed by atoms with Crippen molar-refractivity contribution in [3.8, 4) is 0 Å². The van der Waals surface area contributed by atoms with Gasteiger partial charge in [0.25, 0.3) is 5.91 Å². The van der Waals surface area contributed by atoms with Crippen LogP contribution in [0.3, 0.4) is 0 Å². The molecule has 92 valence electrons. The molecule has 0 spiro atoms. The lowest BCUT2D eigenvalue weighted by molar-refractivity contribution is 0.0955. The fraction of sp³-hybridized carbons (Fsp3) is 0.154. The molecule has 0 fully saturated rings. The second kappa shape index (κ2) is 5.27. The van der Waals surface area contributed by atoms with Gasteiger partial charge >= 0.3 is 0 Å². The number of pyridine rings is 1. The first-order valence-electron chi connectivity index (χ1n) is 5.54. The lowest BCUT2D eigenvalue weighted by Crippen LogP contribution is -2.17. The van der Waals surface area contributed by atoms with Gasteiger partial charge in [-0.2, -0.15) is 5.10 Å². The molecule has 0 saturated heterocycles. The topological polar surface area (TPSA) is 59.3 Å². The predicted octanol–water partition coefficient (Wildman–Crippen LogP) is 1.49. The number of hydrazone groups is 1. The summed E-state index contributed by atoms with van der Waals surface area (Å²) in [5, 5.41) is 3.92. The molecule has 18 heavy (non-hydrogen) atoms. The Hall–Kier alpha value is -2.43. The summed E-state index contributed by atoms with van der Waals surface area (Å²) in [6.07, 6.45) is 4.73. The van der Waals surface area contributed by atoms with Gasteiger partial charge in [0.15, 0.2) is 0 Å². The summed E-state index contributed by atoms with van der Waals surface area (Å²) in [5.41, 5.74) is 5.01. The van der Waals surface area contributed by atoms with Crippen LogP contribution in [0.5, 0.6) is 0 Å². The molecule has 0 aliphatic heterocycles. The lowest BCUT2D eigenvalue weighted by atomic mass is 10.3. The van der Waals surface area contributed by atoms with Crippen LogP contribution in [-0.2, 0) is 7.05 Å². The third-order valence-corrected chi connectivity index (χ3v) is 2.70. The quantitative estimate of drug-likeness (QED) is 0.655. The average molecular weight is 242 g/mol. The summed E-state index contributed by atoms with van der Waals surface area (Å²) in [6.45, 7) is 2.01. The van der Waals surface area contributed by atoms with E-state index in [1.807, 2.05) is 30.7 Å². The van der Waals surface area contributed by atoms with Gasteiger partial charge in [0.05, 0.1) is 17.5 Å². The summed E-state index contributed by atoms with van der Waals surface area (Å²) in [6, 6.07) is 7.32. The van der Waals surface area contributed by atoms with E-state index in [0.29, 0.717) is 5.56 Å². The van der Waals surface area contributed by atoms with E-state index in [9.17, 15) is 4.79 Å². The van der Waals surface area contributed by atoms with E-state index in [2.05, 4.69) is 15.5 Å². The molecule has 5 heteroatoms. The molecule has 1 amide bonds. The van der Waals surface area contributed by atoms with Crippen LogP contribution in [0.15, 0.2) is 41.8 Å². The lowest BCUT2D eigenvalue weighted by Gasteiger charge is -2.00. The third-order valence-electron chi connectivity index (χ3n) is 2.70. The molecule has 2 aromatic heterocycles. The van der Waals surface area contributed by atoms with Crippen LogP contribution in [0.2, 0.25) is 0 Å². The van der Waals surface area contributed by atoms with Crippen molar-refractivity contribution < 1.29 is 4.79 Å². The summed E-state index contributed by atoms with van der Waals surface area (Å²) >= 11 is 0. The molecule has 0 saturated carbocycles. The van der Waals surface area contributed by atoms with E-state index in [1.54, 1.807) is 24.5 Å². The van der Waals surface area contributed by atoms with Gasteiger partial charge in [-0.1, -0.05) is 0 Å². The van der Waals surface area contributed by atoms with Crippen molar-refractivity contribution in [2.24, 2.45) is 12.1 Å². The maximum atomic E-state index is 11.7. The number of aromatic nitrogens is 2. The van der Waals surface area contributed by atoms with Crippen molar-refractivity contribution in [3.63, 3.8) is 0 Å². The molecule has 0 aliphatic rings. The maximum absolute atomic E-state index is 11.7. The number of nitrogens with zero attached hydrogens (tertiary/aromatic N) is 3. The second-order valence-electron chi connectivity index (χ2n) is 3.90. The van der Waals surface area contributed by atoms with Crippen LogP contribution in [0, 0.1) is 6.92 Å². The molecular weight excluding hydrogens is 228 g/mol. The van der Waals surface area contributed by atoms with E-state index in [0.717, 1.165) is 11.4 Å². The zero-order chi connectivity index (χ0) is 13.0. The Balaban J connectivity index is 2.00. The standard InChI is InChI=1S/C13H14N4O/c1-10-5-6-12(17(10)2)9-15-16-13(18)11-4-3-7-14-8-11/h3-9H,1-2H3,(H,16,18)/b15-9+. The van der Waals surface area contributed by atoms with Crippen LogP contribution in [0.25, 0.3) is 0 Å². The largest absolute Gasteiger partial charge is 0.347 e. The molecule has 0 aliphatic carbocycles. The van der Waals surface area contributed by atoms with Crippen LogP contribution >= 0.6 is 0 Å². The minimum absolute atomic E-state index is 0.273. The maximum Gasteiger partial charge on any atom is 0.272 e. The molecule has 0 atom stereocenters. The highest BCUT2D eigenvalue weighted by Gasteiger charge is 2.02. The van der Waals surface area contributed by atoms with E-state index >= 15 is 0 Å². The Morgan fingerprint density at radius 2 is 2.28 bits per heavy atom. The Morgan fingerprint density at radius 1 is 1.44 bits per heavy atom. The van der Waals surface area contributed by atoms with Crippen molar-refractivity contribution in [1.82, 2.24) is 15.0 Å². The number of carbonyl (C=O) groups excluding carboxylic acids is 1. The number of rotatable bonds is 3. The van der Waals surface area contributed by atoms with Gasteiger partial charge in [0.2, 0.25) is 0 Å². The molecule has 0 bridgehead atoms. The van der Waals surface area contributed by atoms with E-state index in [1.165, 1.54) is 6.20 Å². The van der Waals surface area contributed by atoms with Gasteiger partial charge in [-0.25, -0.2) is 5.43 Å². The van der Waals surface area contributed by atoms with Crippen LogP contribution < -0.4 is 5.43 Å². The van der Waals surface area contributed by atoms with Crippen molar-refractivity contribution in [2.45, 2.75) is 6.92 Å². The van der Waals surface area contributed by atoms with Gasteiger partial charge in [0.1, 0.15) is 0 Å². The first-order chi connectivity index (χ1) is 8.68. The van der Waals surface area contributed by atoms with Crippen molar-refractivity contribution >= 4 is 12.1 Å². The first-order valence-corrected chi connectivity index (χ1v) is 5.54. The number of nitrogens with one attached hydrogen (secondary N) is 1. The number of hydrogen-bond donors (Lipinski definition) is 1. The molecule has 5 nitrogen and oxygen atoms in total.